The van der Waals surface area contributed by atoms with Crippen LogP contribution < -0.4 is 10.1 Å². The lowest BCUT2D eigenvalue weighted by molar-refractivity contribution is -0.0164. The predicted octanol–water partition coefficient (Wildman–Crippen LogP) is 2.99. The maximum atomic E-state index is 5.76. The molecule has 1 aromatic carbocycles. The van der Waals surface area contributed by atoms with Crippen LogP contribution in [0.2, 0.25) is 0 Å². The first-order valence-electron chi connectivity index (χ1n) is 6.58. The average molecular weight is 251 g/mol. The Morgan fingerprint density at radius 2 is 1.83 bits per heavy atom. The lowest BCUT2D eigenvalue weighted by Crippen LogP contribution is -2.22. The monoisotopic (exact) mass is 251 g/mol. The van der Waals surface area contributed by atoms with Crippen LogP contribution in [0.15, 0.2) is 24.3 Å². The van der Waals surface area contributed by atoms with E-state index in [1.807, 2.05) is 39.0 Å². The number of para-hydroxylation sites is 1. The molecule has 1 aromatic rings. The number of rotatable bonds is 7. The van der Waals surface area contributed by atoms with Gasteiger partial charge in [0.1, 0.15) is 12.4 Å². The number of hydrogen-bond donors (Lipinski definition) is 1. The average Bonchev–Trinajstić information content (AvgIpc) is 2.32. The fourth-order valence-corrected chi connectivity index (χ4v) is 1.55. The Kier molecular flexibility index (Phi) is 6.16. The minimum absolute atomic E-state index is 0.105. The molecule has 0 saturated carbocycles. The molecule has 0 saturated heterocycles. The first-order chi connectivity index (χ1) is 8.53. The van der Waals surface area contributed by atoms with Gasteiger partial charge in [-0.15, -0.1) is 0 Å². The van der Waals surface area contributed by atoms with E-state index in [9.17, 15) is 0 Å². The van der Waals surface area contributed by atoms with E-state index in [1.165, 1.54) is 5.56 Å². The van der Waals surface area contributed by atoms with Crippen molar-refractivity contribution >= 4 is 0 Å². The Morgan fingerprint density at radius 3 is 2.50 bits per heavy atom. The van der Waals surface area contributed by atoms with Gasteiger partial charge < -0.3 is 14.8 Å². The number of benzene rings is 1. The van der Waals surface area contributed by atoms with Crippen molar-refractivity contribution in [2.45, 2.75) is 39.8 Å². The number of nitrogens with one attached hydrogen (secondary N) is 1. The van der Waals surface area contributed by atoms with Crippen LogP contribution in [0.3, 0.4) is 0 Å². The van der Waals surface area contributed by atoms with E-state index < -0.39 is 0 Å². The van der Waals surface area contributed by atoms with Crippen LogP contribution in [-0.4, -0.2) is 25.4 Å². The maximum absolute atomic E-state index is 5.76. The molecule has 0 unspecified atom stereocenters. The third kappa shape index (κ3) is 6.03. The second kappa shape index (κ2) is 7.39. The maximum Gasteiger partial charge on any atom is 0.123 e. The predicted molar refractivity (Wildman–Crippen MR) is 75.0 cm³/mol. The second-order valence-corrected chi connectivity index (χ2v) is 5.20. The van der Waals surface area contributed by atoms with E-state index in [0.717, 1.165) is 18.8 Å². The molecule has 0 amide bonds. The first kappa shape index (κ1) is 15.0. The van der Waals surface area contributed by atoms with E-state index in [1.54, 1.807) is 0 Å². The molecule has 0 aliphatic heterocycles. The van der Waals surface area contributed by atoms with Gasteiger partial charge in [0.05, 0.1) is 12.2 Å². The van der Waals surface area contributed by atoms with Crippen molar-refractivity contribution in [1.29, 1.82) is 0 Å². The second-order valence-electron chi connectivity index (χ2n) is 5.20. The van der Waals surface area contributed by atoms with Crippen molar-refractivity contribution in [3.8, 4) is 5.75 Å². The molecule has 0 bridgehead atoms. The Hall–Kier alpha value is -1.06. The molecule has 0 aliphatic carbocycles. The van der Waals surface area contributed by atoms with Gasteiger partial charge in [-0.3, -0.25) is 0 Å². The summed E-state index contributed by atoms with van der Waals surface area (Å²) in [6.45, 7) is 11.2. The van der Waals surface area contributed by atoms with Crippen molar-refractivity contribution < 1.29 is 9.47 Å². The molecule has 102 valence electrons. The summed E-state index contributed by atoms with van der Waals surface area (Å²) in [5.74, 6) is 0.941. The van der Waals surface area contributed by atoms with Gasteiger partial charge in [-0.2, -0.15) is 0 Å². The van der Waals surface area contributed by atoms with Gasteiger partial charge in [-0.25, -0.2) is 0 Å². The van der Waals surface area contributed by atoms with Gasteiger partial charge in [0.2, 0.25) is 0 Å². The van der Waals surface area contributed by atoms with Crippen LogP contribution in [0.25, 0.3) is 0 Å². The van der Waals surface area contributed by atoms with Crippen LogP contribution in [0, 0.1) is 0 Å². The van der Waals surface area contributed by atoms with Crippen LogP contribution in [0.5, 0.6) is 5.75 Å². The van der Waals surface area contributed by atoms with Crippen molar-refractivity contribution in [3.63, 3.8) is 0 Å². The van der Waals surface area contributed by atoms with Gasteiger partial charge in [0.15, 0.2) is 0 Å². The van der Waals surface area contributed by atoms with Gasteiger partial charge in [0.25, 0.3) is 0 Å². The van der Waals surface area contributed by atoms with Crippen LogP contribution in [0.1, 0.15) is 33.3 Å². The van der Waals surface area contributed by atoms with E-state index in [-0.39, 0.29) is 5.60 Å². The van der Waals surface area contributed by atoms with Crippen LogP contribution in [-0.2, 0) is 11.3 Å². The highest BCUT2D eigenvalue weighted by atomic mass is 16.5. The summed E-state index contributed by atoms with van der Waals surface area (Å²) in [6, 6.07) is 8.12. The van der Waals surface area contributed by atoms with E-state index in [4.69, 9.17) is 9.47 Å². The summed E-state index contributed by atoms with van der Waals surface area (Å²) in [4.78, 5) is 0. The smallest absolute Gasteiger partial charge is 0.123 e. The fraction of sp³-hybridized carbons (Fsp3) is 0.600. The highest BCUT2D eigenvalue weighted by Crippen LogP contribution is 2.17. The van der Waals surface area contributed by atoms with Gasteiger partial charge in [-0.1, -0.05) is 25.1 Å². The Morgan fingerprint density at radius 1 is 1.11 bits per heavy atom. The van der Waals surface area contributed by atoms with E-state index in [0.29, 0.717) is 13.2 Å². The third-order valence-electron chi connectivity index (χ3n) is 2.41. The van der Waals surface area contributed by atoms with Gasteiger partial charge in [0, 0.05) is 12.1 Å². The van der Waals surface area contributed by atoms with Crippen molar-refractivity contribution in [2.75, 3.05) is 19.8 Å². The topological polar surface area (TPSA) is 30.5 Å². The molecule has 1 rings (SSSR count). The Bertz CT molecular complexity index is 345. The number of ether oxygens (including phenoxy) is 2. The zero-order valence-electron chi connectivity index (χ0n) is 12.0. The molecule has 0 heterocycles. The molecule has 0 radical (unpaired) electrons. The van der Waals surface area contributed by atoms with Crippen molar-refractivity contribution in [2.24, 2.45) is 0 Å². The molecule has 0 aromatic heterocycles. The quantitative estimate of drug-likeness (QED) is 0.756. The normalized spacial score (nSPS) is 11.6. The highest BCUT2D eigenvalue weighted by Gasteiger charge is 2.09. The third-order valence-corrected chi connectivity index (χ3v) is 2.41. The molecule has 3 heteroatoms. The van der Waals surface area contributed by atoms with Crippen molar-refractivity contribution in [3.05, 3.63) is 29.8 Å². The lowest BCUT2D eigenvalue weighted by Gasteiger charge is -2.20. The van der Waals surface area contributed by atoms with Crippen molar-refractivity contribution in [1.82, 2.24) is 5.32 Å². The standard InChI is InChI=1S/C15H25NO2/c1-5-16-12-13-8-6-7-9-14(13)17-10-11-18-15(2,3)4/h6-9,16H,5,10-12H2,1-4H3. The fourth-order valence-electron chi connectivity index (χ4n) is 1.55. The van der Waals surface area contributed by atoms with Gasteiger partial charge >= 0.3 is 0 Å². The zero-order valence-corrected chi connectivity index (χ0v) is 12.0. The summed E-state index contributed by atoms with van der Waals surface area (Å²) >= 11 is 0. The zero-order chi connectivity index (χ0) is 13.4. The molecule has 18 heavy (non-hydrogen) atoms. The largest absolute Gasteiger partial charge is 0.491 e. The molecule has 0 spiro atoms. The van der Waals surface area contributed by atoms with Gasteiger partial charge in [-0.05, 0) is 33.4 Å². The van der Waals surface area contributed by atoms with E-state index in [2.05, 4.69) is 18.3 Å². The molecule has 0 fully saturated rings. The molecule has 3 nitrogen and oxygen atoms in total. The minimum Gasteiger partial charge on any atom is -0.491 e. The summed E-state index contributed by atoms with van der Waals surface area (Å²) < 4.78 is 11.4. The first-order valence-corrected chi connectivity index (χ1v) is 6.58. The Balaban J connectivity index is 2.41. The molecular weight excluding hydrogens is 226 g/mol. The summed E-state index contributed by atoms with van der Waals surface area (Å²) in [5.41, 5.74) is 1.09. The molecule has 0 aliphatic rings. The molecular formula is C15H25NO2. The molecule has 1 N–H and O–H groups in total. The van der Waals surface area contributed by atoms with E-state index >= 15 is 0 Å². The summed E-state index contributed by atoms with van der Waals surface area (Å²) in [6.07, 6.45) is 0. The summed E-state index contributed by atoms with van der Waals surface area (Å²) in [5, 5.41) is 3.31. The minimum atomic E-state index is -0.105. The highest BCUT2D eigenvalue weighted by molar-refractivity contribution is 5.33. The Labute approximate surface area is 110 Å². The molecule has 0 atom stereocenters. The van der Waals surface area contributed by atoms with Crippen LogP contribution in [0.4, 0.5) is 0 Å². The van der Waals surface area contributed by atoms with Crippen LogP contribution >= 0.6 is 0 Å². The summed E-state index contributed by atoms with van der Waals surface area (Å²) in [7, 11) is 0. The number of hydrogen-bond acceptors (Lipinski definition) is 3. The lowest BCUT2D eigenvalue weighted by atomic mass is 10.2. The SMILES string of the molecule is CCNCc1ccccc1OCCOC(C)(C)C.